The Labute approximate surface area is 101 Å². The highest BCUT2D eigenvalue weighted by Crippen LogP contribution is 2.22. The predicted molar refractivity (Wildman–Crippen MR) is 65.3 cm³/mol. The van der Waals surface area contributed by atoms with E-state index in [0.717, 1.165) is 0 Å². The zero-order valence-corrected chi connectivity index (χ0v) is 10.1. The molecule has 1 amide bonds. The average molecular weight is 238 g/mol. The summed E-state index contributed by atoms with van der Waals surface area (Å²) < 4.78 is 4.99. The van der Waals surface area contributed by atoms with Crippen LogP contribution in [-0.2, 0) is 0 Å². The number of rotatable bonds is 5. The number of carbonyl (C=O) groups excluding carboxylic acids is 1. The fraction of sp³-hybridized carbons (Fsp3) is 0.417. The van der Waals surface area contributed by atoms with Crippen LogP contribution in [0.3, 0.4) is 0 Å². The van der Waals surface area contributed by atoms with Crippen molar-refractivity contribution >= 4 is 5.91 Å². The molecule has 5 heteroatoms. The van der Waals surface area contributed by atoms with Crippen LogP contribution in [0.2, 0.25) is 0 Å². The number of hydrogen-bond acceptors (Lipinski definition) is 4. The number of benzene rings is 1. The Hall–Kier alpha value is -1.75. The molecule has 1 aromatic rings. The molecule has 1 unspecified atom stereocenters. The standard InChI is InChI=1S/C12H18N2O3/c1-8(13)5-6-14-12(16)10-7-9(17-2)3-4-11(10)15/h3-4,7-8,15H,5-6,13H2,1-2H3,(H,14,16). The zero-order chi connectivity index (χ0) is 12.8. The summed E-state index contributed by atoms with van der Waals surface area (Å²) in [6, 6.07) is 4.55. The predicted octanol–water partition coefficient (Wildman–Crippen LogP) is 0.868. The van der Waals surface area contributed by atoms with E-state index in [2.05, 4.69) is 5.32 Å². The number of phenols is 1. The maximum absolute atomic E-state index is 11.7. The normalized spacial score (nSPS) is 11.9. The lowest BCUT2D eigenvalue weighted by Gasteiger charge is -2.09. The Morgan fingerprint density at radius 2 is 2.29 bits per heavy atom. The van der Waals surface area contributed by atoms with Crippen molar-refractivity contribution in [2.75, 3.05) is 13.7 Å². The second-order valence-electron chi connectivity index (χ2n) is 3.90. The molecule has 0 saturated carbocycles. The van der Waals surface area contributed by atoms with E-state index in [1.165, 1.54) is 19.2 Å². The molecule has 0 fully saturated rings. The third kappa shape index (κ3) is 3.96. The van der Waals surface area contributed by atoms with Crippen LogP contribution in [-0.4, -0.2) is 30.7 Å². The summed E-state index contributed by atoms with van der Waals surface area (Å²) in [4.78, 5) is 11.7. The Balaban J connectivity index is 2.67. The first-order valence-corrected chi connectivity index (χ1v) is 5.45. The number of methoxy groups -OCH3 is 1. The Bertz CT molecular complexity index is 391. The molecule has 0 radical (unpaired) electrons. The van der Waals surface area contributed by atoms with Gasteiger partial charge in [0.05, 0.1) is 12.7 Å². The molecule has 0 bridgehead atoms. The SMILES string of the molecule is COc1ccc(O)c(C(=O)NCCC(C)N)c1. The molecule has 0 aliphatic carbocycles. The molecule has 0 saturated heterocycles. The summed E-state index contributed by atoms with van der Waals surface area (Å²) in [7, 11) is 1.50. The Kier molecular flexibility index (Phi) is 4.78. The molecular formula is C12H18N2O3. The van der Waals surface area contributed by atoms with Crippen LogP contribution >= 0.6 is 0 Å². The summed E-state index contributed by atoms with van der Waals surface area (Å²) in [5, 5.41) is 12.3. The minimum atomic E-state index is -0.331. The lowest BCUT2D eigenvalue weighted by molar-refractivity contribution is 0.0950. The number of carbonyl (C=O) groups is 1. The van der Waals surface area contributed by atoms with E-state index in [9.17, 15) is 9.90 Å². The van der Waals surface area contributed by atoms with E-state index < -0.39 is 0 Å². The lowest BCUT2D eigenvalue weighted by Crippen LogP contribution is -2.29. The third-order valence-corrected chi connectivity index (χ3v) is 2.33. The van der Waals surface area contributed by atoms with Gasteiger partial charge in [-0.3, -0.25) is 4.79 Å². The fourth-order valence-corrected chi connectivity index (χ4v) is 1.33. The molecular weight excluding hydrogens is 220 g/mol. The average Bonchev–Trinajstić information content (AvgIpc) is 2.29. The molecule has 0 aliphatic heterocycles. The quantitative estimate of drug-likeness (QED) is 0.710. The topological polar surface area (TPSA) is 84.6 Å². The highest BCUT2D eigenvalue weighted by Gasteiger charge is 2.11. The minimum absolute atomic E-state index is 0.0363. The van der Waals surface area contributed by atoms with Gasteiger partial charge in [-0.25, -0.2) is 0 Å². The van der Waals surface area contributed by atoms with Crippen molar-refractivity contribution in [2.45, 2.75) is 19.4 Å². The van der Waals surface area contributed by atoms with E-state index in [4.69, 9.17) is 10.5 Å². The van der Waals surface area contributed by atoms with Gasteiger partial charge in [-0.2, -0.15) is 0 Å². The zero-order valence-electron chi connectivity index (χ0n) is 10.1. The molecule has 0 spiro atoms. The van der Waals surface area contributed by atoms with Gasteiger partial charge in [0.15, 0.2) is 0 Å². The number of phenolic OH excluding ortho intramolecular Hbond substituents is 1. The smallest absolute Gasteiger partial charge is 0.255 e. The van der Waals surface area contributed by atoms with Crippen molar-refractivity contribution in [1.82, 2.24) is 5.32 Å². The van der Waals surface area contributed by atoms with E-state index in [0.29, 0.717) is 18.7 Å². The van der Waals surface area contributed by atoms with Gasteiger partial charge in [0.25, 0.3) is 5.91 Å². The number of hydrogen-bond donors (Lipinski definition) is 3. The fourth-order valence-electron chi connectivity index (χ4n) is 1.33. The van der Waals surface area contributed by atoms with Crippen LogP contribution in [0.1, 0.15) is 23.7 Å². The van der Waals surface area contributed by atoms with Crippen LogP contribution in [0.4, 0.5) is 0 Å². The number of nitrogens with one attached hydrogen (secondary N) is 1. The van der Waals surface area contributed by atoms with Gasteiger partial charge in [0.2, 0.25) is 0 Å². The summed E-state index contributed by atoms with van der Waals surface area (Å²) in [5.74, 6) is 0.131. The van der Waals surface area contributed by atoms with Gasteiger partial charge >= 0.3 is 0 Å². The van der Waals surface area contributed by atoms with E-state index in [1.807, 2.05) is 6.92 Å². The van der Waals surface area contributed by atoms with Crippen LogP contribution in [0.15, 0.2) is 18.2 Å². The highest BCUT2D eigenvalue weighted by molar-refractivity contribution is 5.97. The molecule has 0 aliphatic rings. The molecule has 4 N–H and O–H groups in total. The minimum Gasteiger partial charge on any atom is -0.507 e. The molecule has 0 aromatic heterocycles. The van der Waals surface area contributed by atoms with Crippen LogP contribution in [0.25, 0.3) is 0 Å². The molecule has 1 rings (SSSR count). The van der Waals surface area contributed by atoms with Crippen molar-refractivity contribution in [3.8, 4) is 11.5 Å². The summed E-state index contributed by atoms with van der Waals surface area (Å²) in [5.41, 5.74) is 5.77. The van der Waals surface area contributed by atoms with Crippen LogP contribution < -0.4 is 15.8 Å². The first-order valence-electron chi connectivity index (χ1n) is 5.45. The summed E-state index contributed by atoms with van der Waals surface area (Å²) >= 11 is 0. The number of ether oxygens (including phenoxy) is 1. The second kappa shape index (κ2) is 6.10. The summed E-state index contributed by atoms with van der Waals surface area (Å²) in [6.45, 7) is 2.35. The summed E-state index contributed by atoms with van der Waals surface area (Å²) in [6.07, 6.45) is 0.691. The lowest BCUT2D eigenvalue weighted by atomic mass is 10.1. The van der Waals surface area contributed by atoms with E-state index in [1.54, 1.807) is 6.07 Å². The van der Waals surface area contributed by atoms with Crippen LogP contribution in [0.5, 0.6) is 11.5 Å². The second-order valence-corrected chi connectivity index (χ2v) is 3.90. The Morgan fingerprint density at radius 1 is 1.59 bits per heavy atom. The molecule has 1 aromatic carbocycles. The molecule has 1 atom stereocenters. The van der Waals surface area contributed by atoms with E-state index >= 15 is 0 Å². The molecule has 17 heavy (non-hydrogen) atoms. The number of nitrogens with two attached hydrogens (primary N) is 1. The van der Waals surface area contributed by atoms with E-state index in [-0.39, 0.29) is 23.3 Å². The van der Waals surface area contributed by atoms with Crippen LogP contribution in [0, 0.1) is 0 Å². The van der Waals surface area contributed by atoms with Crippen molar-refractivity contribution in [3.63, 3.8) is 0 Å². The van der Waals surface area contributed by atoms with Crippen molar-refractivity contribution < 1.29 is 14.6 Å². The maximum Gasteiger partial charge on any atom is 0.255 e. The monoisotopic (exact) mass is 238 g/mol. The first kappa shape index (κ1) is 13.3. The number of amides is 1. The first-order chi connectivity index (χ1) is 8.04. The van der Waals surface area contributed by atoms with Gasteiger partial charge in [0, 0.05) is 12.6 Å². The van der Waals surface area contributed by atoms with Gasteiger partial charge in [-0.15, -0.1) is 0 Å². The maximum atomic E-state index is 11.7. The number of aromatic hydroxyl groups is 1. The third-order valence-electron chi connectivity index (χ3n) is 2.33. The van der Waals surface area contributed by atoms with Crippen molar-refractivity contribution in [1.29, 1.82) is 0 Å². The molecule has 5 nitrogen and oxygen atoms in total. The van der Waals surface area contributed by atoms with Gasteiger partial charge < -0.3 is 20.9 Å². The van der Waals surface area contributed by atoms with Crippen molar-refractivity contribution in [2.24, 2.45) is 5.73 Å². The molecule has 94 valence electrons. The van der Waals surface area contributed by atoms with Gasteiger partial charge in [0.1, 0.15) is 11.5 Å². The largest absolute Gasteiger partial charge is 0.507 e. The van der Waals surface area contributed by atoms with Gasteiger partial charge in [-0.05, 0) is 31.5 Å². The molecule has 0 heterocycles. The highest BCUT2D eigenvalue weighted by atomic mass is 16.5. The van der Waals surface area contributed by atoms with Gasteiger partial charge in [-0.1, -0.05) is 0 Å². The van der Waals surface area contributed by atoms with Crippen molar-refractivity contribution in [3.05, 3.63) is 23.8 Å². The Morgan fingerprint density at radius 3 is 2.88 bits per heavy atom.